The van der Waals surface area contributed by atoms with Crippen LogP contribution in [0.3, 0.4) is 0 Å². The Balaban J connectivity index is 2.05. The fraction of sp³-hybridized carbons (Fsp3) is 0.758. The zero-order valence-electron chi connectivity index (χ0n) is 57.2. The third-order valence-electron chi connectivity index (χ3n) is 16.4. The number of carbonyl (C=O) groups excluding carboxylic acids is 14. The number of likely N-dealkylation sites (tertiary alicyclic amines) is 1. The minimum absolute atomic E-state index is 0.0361. The highest BCUT2D eigenvalue weighted by atomic mass is 16.3. The van der Waals surface area contributed by atoms with Gasteiger partial charge in [-0.3, -0.25) is 72.1 Å². The predicted octanol–water partition coefficient (Wildman–Crippen LogP) is -4.25. The summed E-state index contributed by atoms with van der Waals surface area (Å²) in [4.78, 5) is 191. The van der Waals surface area contributed by atoms with E-state index < -0.39 is 181 Å². The van der Waals surface area contributed by atoms with E-state index in [0.717, 1.165) is 0 Å². The molecule has 538 valence electrons. The summed E-state index contributed by atoms with van der Waals surface area (Å²) in [6.45, 7) is 17.6. The number of nitrogens with two attached hydrogens (primary N) is 5. The molecule has 0 spiro atoms. The maximum atomic E-state index is 14.0. The van der Waals surface area contributed by atoms with Crippen LogP contribution in [0, 0.1) is 35.5 Å². The van der Waals surface area contributed by atoms with Crippen LogP contribution in [0.4, 0.5) is 0 Å². The first-order valence-corrected chi connectivity index (χ1v) is 33.1. The number of rotatable bonds is 41. The second-order valence-corrected chi connectivity index (χ2v) is 26.5. The number of aliphatic hydroxyl groups excluding tert-OH is 1. The fourth-order valence-electron chi connectivity index (χ4n) is 10.9. The summed E-state index contributed by atoms with van der Waals surface area (Å²) >= 11 is 0. The molecule has 2 fully saturated rings. The molecule has 1 aliphatic heterocycles. The summed E-state index contributed by atoms with van der Waals surface area (Å²) < 4.78 is 0. The number of hydrogen-bond donors (Lipinski definition) is 17. The first-order chi connectivity index (χ1) is 44.5. The van der Waals surface area contributed by atoms with Crippen LogP contribution >= 0.6 is 0 Å². The Morgan fingerprint density at radius 2 is 1.03 bits per heavy atom. The Kier molecular flexibility index (Phi) is 36.3. The standard InChI is InChI=1S/C62H110N18O15/c1-12-35(10)50(51(65)85)78-48(84)29-70-55(89)44(30-81)77-60(94)49(34(8)9)79-58(92)43(27-33(6)7)76-56(90)40(21-22-46(64)82)73-52(86)37-17-19-38(20-18-37)72-59(93)45-16-14-24-80(45)61(95)36(11)71-47(83)28-69-54(88)41(25-31(2)3)75-57(91)42(26-32(4)5)74-53(87)39(63)15-13-23-68-62(66)67/h31-45,49-50,81H,12-30,63H2,1-11H3,(H2,64,82)(H2,65,85)(H,69,88)(H,70,89)(H,71,83)(H,72,93)(H,73,86)(H,74,87)(H,75,91)(H,76,90)(H,77,94)(H,78,84)(H,79,92)(H4,66,67,68)/t35-,36-,37?,38?,39-,40-,41-,42-,43-,44-,45-,49-,50-/m0/s1. The van der Waals surface area contributed by atoms with Crippen LogP contribution in [0.15, 0.2) is 4.99 Å². The number of aliphatic hydroxyl groups is 1. The molecule has 2 rings (SSSR count). The molecule has 1 saturated carbocycles. The van der Waals surface area contributed by atoms with Gasteiger partial charge in [-0.05, 0) is 114 Å². The van der Waals surface area contributed by atoms with Crippen LogP contribution < -0.4 is 87.2 Å². The van der Waals surface area contributed by atoms with E-state index in [2.05, 4.69) is 63.5 Å². The van der Waals surface area contributed by atoms with Crippen molar-refractivity contribution >= 4 is 88.7 Å². The minimum Gasteiger partial charge on any atom is -0.394 e. The van der Waals surface area contributed by atoms with Crippen molar-refractivity contribution in [2.45, 2.75) is 233 Å². The number of nitrogens with one attached hydrogen (secondary N) is 11. The van der Waals surface area contributed by atoms with E-state index in [1.165, 1.54) is 11.8 Å². The number of amides is 14. The van der Waals surface area contributed by atoms with Crippen LogP contribution in [0.2, 0.25) is 0 Å². The van der Waals surface area contributed by atoms with Crippen molar-refractivity contribution in [1.82, 2.24) is 63.4 Å². The molecule has 14 amide bonds. The van der Waals surface area contributed by atoms with Crippen LogP contribution in [0.25, 0.3) is 0 Å². The summed E-state index contributed by atoms with van der Waals surface area (Å²) in [5.41, 5.74) is 27.7. The number of carbonyl (C=O) groups is 14. The molecule has 0 radical (unpaired) electrons. The van der Waals surface area contributed by atoms with E-state index in [9.17, 15) is 72.2 Å². The second kappa shape index (κ2) is 41.6. The normalized spacial score (nSPS) is 18.5. The number of hydrogen-bond acceptors (Lipinski definition) is 17. The van der Waals surface area contributed by atoms with Crippen molar-refractivity contribution in [3.05, 3.63) is 0 Å². The summed E-state index contributed by atoms with van der Waals surface area (Å²) in [5.74, 6) is -11.8. The second-order valence-electron chi connectivity index (χ2n) is 26.5. The number of nitrogens with zero attached hydrogens (tertiary/aromatic N) is 2. The number of guanidine groups is 1. The molecule has 2 aliphatic rings. The third-order valence-corrected chi connectivity index (χ3v) is 16.4. The molecule has 11 atom stereocenters. The quantitative estimate of drug-likeness (QED) is 0.0157. The van der Waals surface area contributed by atoms with Gasteiger partial charge in [-0.25, -0.2) is 0 Å². The van der Waals surface area contributed by atoms with Gasteiger partial charge in [-0.2, -0.15) is 0 Å². The molecule has 22 N–H and O–H groups in total. The lowest BCUT2D eigenvalue weighted by Gasteiger charge is -2.32. The van der Waals surface area contributed by atoms with Gasteiger partial charge in [0.1, 0.15) is 54.4 Å². The SMILES string of the molecule is CC[C@H](C)[C@H](NC(=O)CNC(=O)[C@H](CO)NC(=O)[C@@H](NC(=O)[C@H](CC(C)C)NC(=O)[C@H](CCC(N)=O)NC(=O)C1CCC(NC(=O)[C@@H]2CCCN2C(=O)[C@H](C)NC(=O)CNC(=O)[C@H](CC(C)C)NC(=O)[C@H](CC(C)C)NC(=O)[C@@H](N)CCCN=C(N)N)CC1)C(C)C)C(N)=O. The van der Waals surface area contributed by atoms with Gasteiger partial charge >= 0.3 is 0 Å². The minimum atomic E-state index is -1.57. The molecule has 0 aromatic rings. The lowest BCUT2D eigenvalue weighted by Crippen LogP contribution is -2.60. The predicted molar refractivity (Wildman–Crippen MR) is 351 cm³/mol. The summed E-state index contributed by atoms with van der Waals surface area (Å²) in [7, 11) is 0. The van der Waals surface area contributed by atoms with E-state index in [-0.39, 0.29) is 94.1 Å². The van der Waals surface area contributed by atoms with Crippen molar-refractivity contribution in [1.29, 1.82) is 0 Å². The molecule has 1 aliphatic carbocycles. The van der Waals surface area contributed by atoms with Gasteiger partial charge in [0.25, 0.3) is 0 Å². The van der Waals surface area contributed by atoms with Gasteiger partial charge in [0.2, 0.25) is 82.7 Å². The highest BCUT2D eigenvalue weighted by Crippen LogP contribution is 2.27. The maximum absolute atomic E-state index is 14.0. The van der Waals surface area contributed by atoms with E-state index in [0.29, 0.717) is 38.5 Å². The lowest BCUT2D eigenvalue weighted by molar-refractivity contribution is -0.141. The van der Waals surface area contributed by atoms with Crippen LogP contribution in [-0.2, 0) is 67.1 Å². The molecule has 1 heterocycles. The molecule has 0 unspecified atom stereocenters. The van der Waals surface area contributed by atoms with Gasteiger partial charge in [0.05, 0.1) is 25.7 Å². The van der Waals surface area contributed by atoms with E-state index in [4.69, 9.17) is 28.7 Å². The Morgan fingerprint density at radius 3 is 1.53 bits per heavy atom. The summed E-state index contributed by atoms with van der Waals surface area (Å²) in [6.07, 6.45) is 3.18. The Bertz CT molecular complexity index is 2670. The molecule has 0 aromatic carbocycles. The molecule has 95 heavy (non-hydrogen) atoms. The van der Waals surface area contributed by atoms with E-state index in [1.54, 1.807) is 41.5 Å². The third kappa shape index (κ3) is 29.9. The van der Waals surface area contributed by atoms with E-state index in [1.807, 2.05) is 27.7 Å². The largest absolute Gasteiger partial charge is 0.394 e. The Labute approximate surface area is 556 Å². The van der Waals surface area contributed by atoms with Crippen molar-refractivity contribution in [3.8, 4) is 0 Å². The smallest absolute Gasteiger partial charge is 0.245 e. The van der Waals surface area contributed by atoms with Gasteiger partial charge in [-0.1, -0.05) is 75.7 Å². The molecule has 33 nitrogen and oxygen atoms in total. The monoisotopic (exact) mass is 1350 g/mol. The zero-order chi connectivity index (χ0) is 72.0. The molecular formula is C62H110N18O15. The lowest BCUT2D eigenvalue weighted by atomic mass is 9.85. The molecule has 0 aromatic heterocycles. The summed E-state index contributed by atoms with van der Waals surface area (Å²) in [6, 6.07) is -12.0. The molecular weight excluding hydrogens is 1240 g/mol. The summed E-state index contributed by atoms with van der Waals surface area (Å²) in [5, 5.41) is 38.7. The first-order valence-electron chi connectivity index (χ1n) is 33.1. The highest BCUT2D eigenvalue weighted by molar-refractivity contribution is 5.98. The highest BCUT2D eigenvalue weighted by Gasteiger charge is 2.40. The van der Waals surface area contributed by atoms with Gasteiger partial charge in [0.15, 0.2) is 5.96 Å². The average molecular weight is 1350 g/mol. The number of aliphatic imine (C=N–C) groups is 1. The molecule has 0 bridgehead atoms. The Hall–Kier alpha value is -8.23. The van der Waals surface area contributed by atoms with Crippen LogP contribution in [0.1, 0.15) is 166 Å². The molecule has 33 heteroatoms. The van der Waals surface area contributed by atoms with Crippen LogP contribution in [-0.4, -0.2) is 198 Å². The van der Waals surface area contributed by atoms with E-state index >= 15 is 0 Å². The van der Waals surface area contributed by atoms with Crippen molar-refractivity contribution in [3.63, 3.8) is 0 Å². The van der Waals surface area contributed by atoms with Crippen molar-refractivity contribution in [2.24, 2.45) is 69.2 Å². The average Bonchev–Trinajstić information content (AvgIpc) is 1.80. The zero-order valence-corrected chi connectivity index (χ0v) is 57.2. The number of primary amides is 2. The van der Waals surface area contributed by atoms with Gasteiger partial charge < -0.3 is 97.2 Å². The first kappa shape index (κ1) is 82.9. The van der Waals surface area contributed by atoms with Crippen molar-refractivity contribution in [2.75, 3.05) is 32.8 Å². The van der Waals surface area contributed by atoms with Gasteiger partial charge in [-0.15, -0.1) is 0 Å². The molecule has 1 saturated heterocycles. The van der Waals surface area contributed by atoms with Gasteiger partial charge in [0, 0.05) is 31.5 Å². The van der Waals surface area contributed by atoms with Crippen LogP contribution in [0.5, 0.6) is 0 Å². The fourth-order valence-corrected chi connectivity index (χ4v) is 10.9. The Morgan fingerprint density at radius 1 is 0.537 bits per heavy atom. The maximum Gasteiger partial charge on any atom is 0.245 e. The van der Waals surface area contributed by atoms with Crippen molar-refractivity contribution < 1.29 is 72.2 Å². The topological polar surface area (TPSA) is 537 Å².